The molecule has 0 atom stereocenters. The molecule has 2 aliphatic carbocycles. The molecule has 0 fully saturated rings. The van der Waals surface area contributed by atoms with Gasteiger partial charge in [-0.25, -0.2) is 0 Å². The van der Waals surface area contributed by atoms with Gasteiger partial charge in [0.25, 0.3) is 6.71 Å². The summed E-state index contributed by atoms with van der Waals surface area (Å²) >= 11 is 1.58. The molecule has 0 unspecified atom stereocenters. The van der Waals surface area contributed by atoms with E-state index in [-0.39, 0.29) is 27.3 Å². The predicted molar refractivity (Wildman–Crippen MR) is 346 cm³/mol. The Bertz CT molecular complexity index is 4690. The molecule has 4 nitrogen and oxygen atoms in total. The van der Waals surface area contributed by atoms with E-state index in [1.54, 1.807) is 17.4 Å². The fraction of sp³-hybridized carbons (Fsp3) is 0.216. The first-order valence-electron chi connectivity index (χ1n) is 33.4. The van der Waals surface area contributed by atoms with E-state index in [9.17, 15) is 5.48 Å². The van der Waals surface area contributed by atoms with Gasteiger partial charge >= 0.3 is 0 Å². The Labute approximate surface area is 496 Å². The molecule has 11 aromatic rings. The molecule has 0 bridgehead atoms. The van der Waals surface area contributed by atoms with Crippen molar-refractivity contribution in [1.29, 1.82) is 0 Å². The minimum Gasteiger partial charge on any atom is -0.465 e. The summed E-state index contributed by atoms with van der Waals surface area (Å²) in [4.78, 5) is 3.51. The molecular weight excluding hydrogens is 1020 g/mol. The lowest BCUT2D eigenvalue weighted by Crippen LogP contribution is -2.74. The van der Waals surface area contributed by atoms with E-state index in [0.717, 1.165) is 89.9 Å². The standard InChI is InChI=1S/C74H67BN2O2SSi/c1-71(2)36-37-72(3,4)58-42-51(34-35-57(58)71)77-62-40-48-41-67(81(53-28-18-11-19-29-53,54-30-20-12-21-31-54)55-32-22-13-23-33-55)78-64(48)47-61(62)75-68-56-45-59-60(74(7,8)39-38-73(59,5)6)46-66(56)80-70(68)79-65-44-52(43-63(77)69(65)75)76(49-24-14-9-15-25-49)50-26-16-10-17-27-50/h9-35,40-47H,36-39H2,1-8H3/i9D,10D,14D,15D,16D,17D,24D,25D,26D,27D. The van der Waals surface area contributed by atoms with E-state index in [2.05, 4.69) is 200 Å². The molecule has 4 heterocycles. The molecule has 15 rings (SSSR count). The average Bonchev–Trinajstić information content (AvgIpc) is 1.68. The first kappa shape index (κ1) is 40.4. The minimum atomic E-state index is -3.23. The maximum atomic E-state index is 9.57. The van der Waals surface area contributed by atoms with E-state index in [0.29, 0.717) is 22.1 Å². The molecule has 9 aromatic carbocycles. The third kappa shape index (κ3) is 7.67. The molecule has 0 saturated heterocycles. The summed E-state index contributed by atoms with van der Waals surface area (Å²) in [6, 6.07) is 47.8. The van der Waals surface area contributed by atoms with Gasteiger partial charge in [0.15, 0.2) is 5.06 Å². The molecule has 7 heteroatoms. The Hall–Kier alpha value is -7.84. The summed E-state index contributed by atoms with van der Waals surface area (Å²) in [5, 5.41) is 6.96. The van der Waals surface area contributed by atoms with Crippen molar-refractivity contribution >= 4 is 119 Å². The van der Waals surface area contributed by atoms with Crippen molar-refractivity contribution in [2.75, 3.05) is 9.80 Å². The van der Waals surface area contributed by atoms with Gasteiger partial charge < -0.3 is 19.0 Å². The highest BCUT2D eigenvalue weighted by Gasteiger charge is 2.49. The van der Waals surface area contributed by atoms with Crippen LogP contribution in [0.1, 0.15) is 117 Å². The molecule has 0 spiro atoms. The Morgan fingerprint density at radius 2 is 1.05 bits per heavy atom. The third-order valence-corrected chi connectivity index (χ3v) is 24.4. The van der Waals surface area contributed by atoms with Crippen molar-refractivity contribution in [3.8, 4) is 10.8 Å². The number of ether oxygens (including phenoxy) is 1. The molecule has 398 valence electrons. The number of nitrogens with zero attached hydrogens (tertiary/aromatic N) is 2. The van der Waals surface area contributed by atoms with Crippen LogP contribution in [0.4, 0.5) is 34.1 Å². The normalized spacial score (nSPS) is 18.6. The Kier molecular flexibility index (Phi) is 9.01. The van der Waals surface area contributed by atoms with Crippen LogP contribution in [0.2, 0.25) is 0 Å². The number of benzene rings is 9. The first-order chi connectivity index (χ1) is 43.2. The summed E-state index contributed by atoms with van der Waals surface area (Å²) in [5.74, 6) is 0.394. The summed E-state index contributed by atoms with van der Waals surface area (Å²) in [5.41, 5.74) is 9.69. The number of hydrogen-bond acceptors (Lipinski definition) is 5. The zero-order valence-corrected chi connectivity index (χ0v) is 48.8. The van der Waals surface area contributed by atoms with Crippen molar-refractivity contribution in [3.63, 3.8) is 0 Å². The van der Waals surface area contributed by atoms with Crippen molar-refractivity contribution in [1.82, 2.24) is 0 Å². The van der Waals surface area contributed by atoms with Gasteiger partial charge in [0, 0.05) is 44.6 Å². The number of thiophene rings is 1. The smallest absolute Gasteiger partial charge is 0.258 e. The molecule has 2 aliphatic heterocycles. The lowest BCUT2D eigenvalue weighted by Gasteiger charge is -2.44. The molecule has 0 amide bonds. The van der Waals surface area contributed by atoms with Gasteiger partial charge in [-0.15, -0.1) is 0 Å². The summed E-state index contributed by atoms with van der Waals surface area (Å²) < 4.78 is 108. The highest BCUT2D eigenvalue weighted by Crippen LogP contribution is 2.53. The Morgan fingerprint density at radius 3 is 1.62 bits per heavy atom. The Balaban J connectivity index is 1.10. The van der Waals surface area contributed by atoms with Crippen LogP contribution >= 0.6 is 11.3 Å². The fourth-order valence-corrected chi connectivity index (χ4v) is 19.9. The van der Waals surface area contributed by atoms with Crippen molar-refractivity contribution in [2.45, 2.75) is 103 Å². The maximum absolute atomic E-state index is 9.57. The van der Waals surface area contributed by atoms with Gasteiger partial charge in [-0.2, -0.15) is 0 Å². The van der Waals surface area contributed by atoms with Crippen LogP contribution in [0.25, 0.3) is 21.1 Å². The van der Waals surface area contributed by atoms with Crippen LogP contribution in [0.3, 0.4) is 0 Å². The molecule has 2 aromatic heterocycles. The van der Waals surface area contributed by atoms with Gasteiger partial charge in [-0.1, -0.05) is 200 Å². The topological polar surface area (TPSA) is 28.9 Å². The van der Waals surface area contributed by atoms with Crippen LogP contribution in [0, 0.1) is 0 Å². The fourth-order valence-electron chi connectivity index (χ4n) is 14.2. The Morgan fingerprint density at radius 1 is 0.519 bits per heavy atom. The average molecular weight is 1100 g/mol. The predicted octanol–water partition coefficient (Wildman–Crippen LogP) is 15.6. The van der Waals surface area contributed by atoms with Gasteiger partial charge in [-0.05, 0) is 180 Å². The van der Waals surface area contributed by atoms with Gasteiger partial charge in [0.05, 0.1) is 24.8 Å². The quantitative estimate of drug-likeness (QED) is 0.112. The number of furan rings is 1. The van der Waals surface area contributed by atoms with E-state index in [1.807, 2.05) is 6.07 Å². The largest absolute Gasteiger partial charge is 0.465 e. The van der Waals surface area contributed by atoms with Crippen LogP contribution in [0.15, 0.2) is 217 Å². The summed E-state index contributed by atoms with van der Waals surface area (Å²) in [7, 11) is -3.23. The molecule has 4 aliphatic rings. The lowest BCUT2D eigenvalue weighted by atomic mass is 9.34. The number of fused-ring (bicyclic) bond motifs is 9. The first-order valence-corrected chi connectivity index (χ1v) is 31.2. The highest BCUT2D eigenvalue weighted by molar-refractivity contribution is 7.24. The van der Waals surface area contributed by atoms with E-state index >= 15 is 0 Å². The zero-order valence-electron chi connectivity index (χ0n) is 57.0. The van der Waals surface area contributed by atoms with Crippen molar-refractivity contribution < 1.29 is 22.9 Å². The van der Waals surface area contributed by atoms with E-state index in [1.165, 1.54) is 27.2 Å². The second-order valence-electron chi connectivity index (χ2n) is 25.4. The third-order valence-electron chi connectivity index (χ3n) is 18.8. The molecule has 0 radical (unpaired) electrons. The van der Waals surface area contributed by atoms with Crippen LogP contribution in [-0.2, 0) is 21.7 Å². The number of para-hydroxylation sites is 2. The second kappa shape index (κ2) is 18.1. The van der Waals surface area contributed by atoms with Gasteiger partial charge in [0.1, 0.15) is 11.3 Å². The van der Waals surface area contributed by atoms with E-state index < -0.39 is 86.6 Å². The SMILES string of the molecule is [2H]c1c([2H])c([2H])c(N(c2cc3c4c(c2)N(c2ccc5c(c2)C(C)(C)CCC5(C)C)c2cc5cc([Si](c6ccccc6)(c6ccccc6)c6ccccc6)oc5cc2B4c2c(sc4cc5c(cc24)C(C)(C)CCC5(C)C)O3)c2c([2H])c([2H])c([2H])c([2H])c2[2H])c([2H])c1[2H]. The number of hydrogen-bond donors (Lipinski definition) is 0. The monoisotopic (exact) mass is 1100 g/mol. The number of anilines is 6. The summed E-state index contributed by atoms with van der Waals surface area (Å²) in [6.45, 7) is 18.1. The maximum Gasteiger partial charge on any atom is 0.258 e. The van der Waals surface area contributed by atoms with E-state index in [4.69, 9.17) is 17.4 Å². The van der Waals surface area contributed by atoms with Crippen molar-refractivity contribution in [2.24, 2.45) is 0 Å². The zero-order chi connectivity index (χ0) is 63.9. The van der Waals surface area contributed by atoms with Crippen molar-refractivity contribution in [3.05, 3.63) is 234 Å². The molecule has 81 heavy (non-hydrogen) atoms. The van der Waals surface area contributed by atoms with Gasteiger partial charge in [-0.3, -0.25) is 0 Å². The van der Waals surface area contributed by atoms with Crippen LogP contribution in [-0.4, -0.2) is 14.8 Å². The second-order valence-corrected chi connectivity index (χ2v) is 30.1. The number of rotatable bonds is 8. The molecular formula is C74H67BN2O2SSi. The van der Waals surface area contributed by atoms with Crippen LogP contribution < -0.4 is 51.9 Å². The summed E-state index contributed by atoms with van der Waals surface area (Å²) in [6.07, 6.45) is 4.01. The van der Waals surface area contributed by atoms with Crippen LogP contribution in [0.5, 0.6) is 10.8 Å². The molecule has 0 N–H and O–H groups in total. The lowest BCUT2D eigenvalue weighted by molar-refractivity contribution is 0.332. The molecule has 0 saturated carbocycles. The highest BCUT2D eigenvalue weighted by atomic mass is 32.1. The van der Waals surface area contributed by atoms with Gasteiger partial charge in [0.2, 0.25) is 8.07 Å². The minimum absolute atomic E-state index is 0.0946.